The number of aromatic nitrogens is 2. The van der Waals surface area contributed by atoms with E-state index in [4.69, 9.17) is 0 Å². The highest BCUT2D eigenvalue weighted by Gasteiger charge is 2.08. The second-order valence-electron chi connectivity index (χ2n) is 3.11. The van der Waals surface area contributed by atoms with Gasteiger partial charge in [0, 0.05) is 18.3 Å². The molecule has 1 heterocycles. The van der Waals surface area contributed by atoms with Gasteiger partial charge in [-0.3, -0.25) is 0 Å². The smallest absolute Gasteiger partial charge is 0.113 e. The molecule has 0 saturated heterocycles. The Hall–Kier alpha value is -1.57. The van der Waals surface area contributed by atoms with E-state index in [0.717, 1.165) is 5.82 Å². The lowest BCUT2D eigenvalue weighted by molar-refractivity contribution is 0.840. The van der Waals surface area contributed by atoms with Crippen molar-refractivity contribution in [3.05, 3.63) is 54.1 Å². The van der Waals surface area contributed by atoms with Gasteiger partial charge in [0.25, 0.3) is 0 Å². The summed E-state index contributed by atoms with van der Waals surface area (Å²) in [5.74, 6) is 1.36. The first-order valence-corrected chi connectivity index (χ1v) is 4.42. The molecule has 13 heavy (non-hydrogen) atoms. The van der Waals surface area contributed by atoms with Crippen LogP contribution in [0.2, 0.25) is 0 Å². The van der Waals surface area contributed by atoms with Gasteiger partial charge in [0.15, 0.2) is 0 Å². The predicted molar refractivity (Wildman–Crippen MR) is 52.5 cm³/mol. The molecule has 0 aliphatic heterocycles. The number of hydrogen-bond donors (Lipinski definition) is 1. The molecule has 0 bridgehead atoms. The number of nitrogens with zero attached hydrogens (tertiary/aromatic N) is 1. The lowest BCUT2D eigenvalue weighted by atomic mass is 10.0. The molecule has 2 heteroatoms. The van der Waals surface area contributed by atoms with E-state index < -0.39 is 0 Å². The number of nitrogens with one attached hydrogen (secondary N) is 1. The monoisotopic (exact) mass is 172 g/mol. The highest BCUT2D eigenvalue weighted by molar-refractivity contribution is 5.24. The molecule has 2 rings (SSSR count). The molecule has 1 aromatic heterocycles. The van der Waals surface area contributed by atoms with E-state index in [2.05, 4.69) is 41.2 Å². The summed E-state index contributed by atoms with van der Waals surface area (Å²) < 4.78 is 0. The van der Waals surface area contributed by atoms with Gasteiger partial charge in [0.2, 0.25) is 0 Å². The van der Waals surface area contributed by atoms with Crippen LogP contribution in [0, 0.1) is 0 Å². The second kappa shape index (κ2) is 3.44. The molecular weight excluding hydrogens is 160 g/mol. The van der Waals surface area contributed by atoms with Crippen molar-refractivity contribution in [1.82, 2.24) is 9.97 Å². The van der Waals surface area contributed by atoms with Crippen molar-refractivity contribution >= 4 is 0 Å². The summed E-state index contributed by atoms with van der Waals surface area (Å²) in [4.78, 5) is 7.36. The third kappa shape index (κ3) is 1.61. The van der Waals surface area contributed by atoms with E-state index in [1.54, 1.807) is 6.20 Å². The summed E-state index contributed by atoms with van der Waals surface area (Å²) >= 11 is 0. The van der Waals surface area contributed by atoms with Gasteiger partial charge in [-0.15, -0.1) is 0 Å². The third-order valence-corrected chi connectivity index (χ3v) is 2.23. The number of hydrogen-bond acceptors (Lipinski definition) is 1. The molecule has 0 radical (unpaired) electrons. The lowest BCUT2D eigenvalue weighted by Crippen LogP contribution is -1.97. The fourth-order valence-electron chi connectivity index (χ4n) is 1.41. The van der Waals surface area contributed by atoms with Gasteiger partial charge in [0.05, 0.1) is 0 Å². The summed E-state index contributed by atoms with van der Waals surface area (Å²) in [6.07, 6.45) is 3.64. The summed E-state index contributed by atoms with van der Waals surface area (Å²) in [5.41, 5.74) is 1.29. The van der Waals surface area contributed by atoms with Crippen LogP contribution in [0.5, 0.6) is 0 Å². The highest BCUT2D eigenvalue weighted by Crippen LogP contribution is 2.19. The Morgan fingerprint density at radius 2 is 2.00 bits per heavy atom. The Balaban J connectivity index is 2.29. The summed E-state index contributed by atoms with van der Waals surface area (Å²) in [5, 5.41) is 0. The topological polar surface area (TPSA) is 28.7 Å². The number of H-pyrrole nitrogens is 1. The van der Waals surface area contributed by atoms with E-state index in [9.17, 15) is 0 Å². The Kier molecular flexibility index (Phi) is 2.13. The number of benzene rings is 1. The molecule has 1 aromatic carbocycles. The Labute approximate surface area is 77.6 Å². The van der Waals surface area contributed by atoms with Gasteiger partial charge in [-0.2, -0.15) is 0 Å². The largest absolute Gasteiger partial charge is 0.348 e. The quantitative estimate of drug-likeness (QED) is 0.741. The molecule has 0 fully saturated rings. The van der Waals surface area contributed by atoms with Crippen molar-refractivity contribution in [3.63, 3.8) is 0 Å². The Morgan fingerprint density at radius 3 is 2.62 bits per heavy atom. The zero-order valence-corrected chi connectivity index (χ0v) is 7.57. The SMILES string of the molecule is CC(c1ccccc1)c1ncc[nH]1. The van der Waals surface area contributed by atoms with Crippen molar-refractivity contribution in [2.45, 2.75) is 12.8 Å². The average Bonchev–Trinajstić information content (AvgIpc) is 2.71. The standard InChI is InChI=1S/C11H12N2/c1-9(11-12-7-8-13-11)10-5-3-2-4-6-10/h2-9H,1H3,(H,12,13). The van der Waals surface area contributed by atoms with Crippen LogP contribution < -0.4 is 0 Å². The molecule has 1 atom stereocenters. The minimum atomic E-state index is 0.344. The van der Waals surface area contributed by atoms with Crippen molar-refractivity contribution in [1.29, 1.82) is 0 Å². The van der Waals surface area contributed by atoms with Crippen LogP contribution in [0.1, 0.15) is 24.2 Å². The molecule has 1 N–H and O–H groups in total. The minimum Gasteiger partial charge on any atom is -0.348 e. The predicted octanol–water partition coefficient (Wildman–Crippen LogP) is 2.56. The van der Waals surface area contributed by atoms with Gasteiger partial charge in [-0.1, -0.05) is 37.3 Å². The normalized spacial score (nSPS) is 12.7. The molecule has 0 aliphatic rings. The first-order valence-electron chi connectivity index (χ1n) is 4.42. The van der Waals surface area contributed by atoms with Crippen molar-refractivity contribution < 1.29 is 0 Å². The average molecular weight is 172 g/mol. The van der Waals surface area contributed by atoms with Gasteiger partial charge in [-0.05, 0) is 5.56 Å². The van der Waals surface area contributed by atoms with Crippen molar-refractivity contribution in [3.8, 4) is 0 Å². The molecular formula is C11H12N2. The van der Waals surface area contributed by atoms with Gasteiger partial charge in [-0.25, -0.2) is 4.98 Å². The molecule has 1 unspecified atom stereocenters. The van der Waals surface area contributed by atoms with E-state index >= 15 is 0 Å². The second-order valence-corrected chi connectivity index (χ2v) is 3.11. The van der Waals surface area contributed by atoms with Gasteiger partial charge in [0.1, 0.15) is 5.82 Å². The maximum Gasteiger partial charge on any atom is 0.113 e. The van der Waals surface area contributed by atoms with Crippen LogP contribution in [-0.2, 0) is 0 Å². The molecule has 0 amide bonds. The van der Waals surface area contributed by atoms with Gasteiger partial charge < -0.3 is 4.98 Å². The maximum atomic E-state index is 4.24. The minimum absolute atomic E-state index is 0.344. The van der Waals surface area contributed by atoms with E-state index in [-0.39, 0.29) is 0 Å². The van der Waals surface area contributed by atoms with Crippen molar-refractivity contribution in [2.24, 2.45) is 0 Å². The number of rotatable bonds is 2. The zero-order valence-electron chi connectivity index (χ0n) is 7.57. The van der Waals surface area contributed by atoms with Crippen molar-refractivity contribution in [2.75, 3.05) is 0 Å². The third-order valence-electron chi connectivity index (χ3n) is 2.23. The molecule has 0 aliphatic carbocycles. The Morgan fingerprint density at radius 1 is 1.23 bits per heavy atom. The first kappa shape index (κ1) is 8.05. The Bertz CT molecular complexity index is 351. The molecule has 2 aromatic rings. The fourth-order valence-corrected chi connectivity index (χ4v) is 1.41. The molecule has 2 nitrogen and oxygen atoms in total. The fraction of sp³-hybridized carbons (Fsp3) is 0.182. The molecule has 0 spiro atoms. The highest BCUT2D eigenvalue weighted by atomic mass is 14.9. The summed E-state index contributed by atoms with van der Waals surface area (Å²) in [6.45, 7) is 2.15. The van der Waals surface area contributed by atoms with Crippen LogP contribution in [0.3, 0.4) is 0 Å². The zero-order chi connectivity index (χ0) is 9.10. The summed E-state index contributed by atoms with van der Waals surface area (Å²) in [6, 6.07) is 10.4. The van der Waals surface area contributed by atoms with Crippen LogP contribution >= 0.6 is 0 Å². The lowest BCUT2D eigenvalue weighted by Gasteiger charge is -2.07. The van der Waals surface area contributed by atoms with E-state index in [1.165, 1.54) is 5.56 Å². The van der Waals surface area contributed by atoms with Crippen LogP contribution in [-0.4, -0.2) is 9.97 Å². The van der Waals surface area contributed by atoms with E-state index in [0.29, 0.717) is 5.92 Å². The summed E-state index contributed by atoms with van der Waals surface area (Å²) in [7, 11) is 0. The number of aromatic amines is 1. The first-order chi connectivity index (χ1) is 6.38. The molecule has 0 saturated carbocycles. The van der Waals surface area contributed by atoms with Crippen LogP contribution in [0.4, 0.5) is 0 Å². The van der Waals surface area contributed by atoms with Crippen LogP contribution in [0.15, 0.2) is 42.7 Å². The van der Waals surface area contributed by atoms with Crippen LogP contribution in [0.25, 0.3) is 0 Å². The molecule has 66 valence electrons. The number of imidazole rings is 1. The van der Waals surface area contributed by atoms with Gasteiger partial charge >= 0.3 is 0 Å². The maximum absolute atomic E-state index is 4.24. The van der Waals surface area contributed by atoms with E-state index in [1.807, 2.05) is 12.3 Å².